The van der Waals surface area contributed by atoms with Gasteiger partial charge in [-0.05, 0) is 46.2 Å². The monoisotopic (exact) mass is 475 g/mol. The van der Waals surface area contributed by atoms with Crippen molar-refractivity contribution in [2.75, 3.05) is 19.6 Å². The lowest BCUT2D eigenvalue weighted by Crippen LogP contribution is -2.39. The van der Waals surface area contributed by atoms with Gasteiger partial charge in [0.15, 0.2) is 5.96 Å². The Bertz CT molecular complexity index is 680. The van der Waals surface area contributed by atoms with Crippen LogP contribution in [-0.4, -0.2) is 40.5 Å². The lowest BCUT2D eigenvalue weighted by atomic mass is 9.96. The Balaban J connectivity index is 0.00000338. The van der Waals surface area contributed by atoms with Crippen LogP contribution in [0.25, 0.3) is 0 Å². The standard InChI is InChI=1S/C18H29N5O2.HI/c1-5-19-17(20-8-6-10-23-11-7-9-22-23)21-13-18(4,24)16-12-14(2)25-15(16)3;/h7,9,11-12,24H,5-6,8,10,13H2,1-4H3,(H2,19,20,21);1H. The minimum absolute atomic E-state index is 0. The normalized spacial score (nSPS) is 13.8. The van der Waals surface area contributed by atoms with Crippen LogP contribution in [0.1, 0.15) is 37.4 Å². The smallest absolute Gasteiger partial charge is 0.191 e. The molecule has 0 aliphatic carbocycles. The molecule has 146 valence electrons. The van der Waals surface area contributed by atoms with E-state index in [1.807, 2.05) is 43.8 Å². The maximum absolute atomic E-state index is 10.8. The SMILES string of the molecule is CCNC(=NCC(C)(O)c1cc(C)oc1C)NCCCn1cccn1.I. The van der Waals surface area contributed by atoms with E-state index in [1.165, 1.54) is 0 Å². The predicted molar refractivity (Wildman–Crippen MR) is 114 cm³/mol. The number of halogens is 1. The van der Waals surface area contributed by atoms with Crippen LogP contribution in [0.15, 0.2) is 33.9 Å². The van der Waals surface area contributed by atoms with Crippen molar-refractivity contribution in [2.24, 2.45) is 4.99 Å². The van der Waals surface area contributed by atoms with Crippen molar-refractivity contribution in [1.82, 2.24) is 20.4 Å². The molecule has 2 aromatic rings. The third kappa shape index (κ3) is 6.64. The zero-order valence-corrected chi connectivity index (χ0v) is 18.3. The van der Waals surface area contributed by atoms with Crippen molar-refractivity contribution in [3.05, 3.63) is 41.6 Å². The fraction of sp³-hybridized carbons (Fsp3) is 0.556. The van der Waals surface area contributed by atoms with E-state index in [4.69, 9.17) is 4.42 Å². The lowest BCUT2D eigenvalue weighted by molar-refractivity contribution is 0.0657. The van der Waals surface area contributed by atoms with Gasteiger partial charge < -0.3 is 20.2 Å². The number of hydrogen-bond acceptors (Lipinski definition) is 4. The molecule has 0 aliphatic rings. The average Bonchev–Trinajstić information content (AvgIpc) is 3.18. The van der Waals surface area contributed by atoms with Crippen LogP contribution in [0.4, 0.5) is 0 Å². The number of guanidine groups is 1. The van der Waals surface area contributed by atoms with Crippen LogP contribution in [0, 0.1) is 13.8 Å². The number of aliphatic imine (C=N–C) groups is 1. The zero-order chi connectivity index (χ0) is 18.3. The van der Waals surface area contributed by atoms with E-state index < -0.39 is 5.60 Å². The molecule has 1 unspecified atom stereocenters. The van der Waals surface area contributed by atoms with Crippen LogP contribution < -0.4 is 10.6 Å². The molecule has 0 amide bonds. The number of hydrogen-bond donors (Lipinski definition) is 3. The molecule has 2 rings (SSSR count). The van der Waals surface area contributed by atoms with E-state index >= 15 is 0 Å². The second-order valence-electron chi connectivity index (χ2n) is 6.35. The van der Waals surface area contributed by atoms with E-state index in [0.717, 1.165) is 43.1 Å². The molecule has 7 nitrogen and oxygen atoms in total. The molecule has 0 saturated heterocycles. The van der Waals surface area contributed by atoms with Gasteiger partial charge in [-0.15, -0.1) is 24.0 Å². The number of rotatable bonds is 8. The van der Waals surface area contributed by atoms with Crippen molar-refractivity contribution in [1.29, 1.82) is 0 Å². The van der Waals surface area contributed by atoms with Gasteiger partial charge in [0.05, 0.1) is 6.54 Å². The first-order chi connectivity index (χ1) is 11.9. The van der Waals surface area contributed by atoms with Crippen molar-refractivity contribution in [3.63, 3.8) is 0 Å². The third-order valence-electron chi connectivity index (χ3n) is 3.93. The van der Waals surface area contributed by atoms with Gasteiger partial charge in [0.1, 0.15) is 17.1 Å². The molecule has 0 fully saturated rings. The lowest BCUT2D eigenvalue weighted by Gasteiger charge is -2.21. The molecule has 0 bridgehead atoms. The average molecular weight is 475 g/mol. The van der Waals surface area contributed by atoms with Gasteiger partial charge in [-0.1, -0.05) is 0 Å². The highest BCUT2D eigenvalue weighted by Crippen LogP contribution is 2.27. The Morgan fingerprint density at radius 3 is 2.73 bits per heavy atom. The molecular formula is C18H30IN5O2. The quantitative estimate of drug-likeness (QED) is 0.237. The van der Waals surface area contributed by atoms with Crippen LogP contribution in [0.2, 0.25) is 0 Å². The second kappa shape index (κ2) is 10.6. The van der Waals surface area contributed by atoms with E-state index in [-0.39, 0.29) is 30.5 Å². The number of nitrogens with zero attached hydrogens (tertiary/aromatic N) is 3. The Morgan fingerprint density at radius 1 is 1.38 bits per heavy atom. The van der Waals surface area contributed by atoms with Gasteiger partial charge in [-0.25, -0.2) is 4.99 Å². The highest BCUT2D eigenvalue weighted by atomic mass is 127. The molecule has 0 radical (unpaired) electrons. The summed E-state index contributed by atoms with van der Waals surface area (Å²) in [5.74, 6) is 2.22. The molecule has 26 heavy (non-hydrogen) atoms. The molecule has 0 aliphatic heterocycles. The van der Waals surface area contributed by atoms with E-state index in [0.29, 0.717) is 5.96 Å². The Morgan fingerprint density at radius 2 is 2.15 bits per heavy atom. The summed E-state index contributed by atoms with van der Waals surface area (Å²) in [6.45, 7) is 10.2. The van der Waals surface area contributed by atoms with Crippen molar-refractivity contribution in [3.8, 4) is 0 Å². The van der Waals surface area contributed by atoms with Crippen molar-refractivity contribution in [2.45, 2.75) is 46.3 Å². The molecule has 1 atom stereocenters. The molecular weight excluding hydrogens is 445 g/mol. The van der Waals surface area contributed by atoms with Crippen LogP contribution in [0.5, 0.6) is 0 Å². The van der Waals surface area contributed by atoms with Gasteiger partial charge in [0.2, 0.25) is 0 Å². The Labute approximate surface area is 172 Å². The second-order valence-corrected chi connectivity index (χ2v) is 6.35. The van der Waals surface area contributed by atoms with Gasteiger partial charge in [-0.2, -0.15) is 5.10 Å². The van der Waals surface area contributed by atoms with Crippen LogP contribution in [0.3, 0.4) is 0 Å². The maximum Gasteiger partial charge on any atom is 0.191 e. The predicted octanol–water partition coefficient (Wildman–Crippen LogP) is 2.56. The summed E-state index contributed by atoms with van der Waals surface area (Å²) < 4.78 is 7.43. The topological polar surface area (TPSA) is 87.6 Å². The minimum atomic E-state index is -1.07. The molecule has 8 heteroatoms. The van der Waals surface area contributed by atoms with E-state index in [1.54, 1.807) is 13.1 Å². The molecule has 0 saturated carbocycles. The highest BCUT2D eigenvalue weighted by Gasteiger charge is 2.27. The number of nitrogens with one attached hydrogen (secondary N) is 2. The Kier molecular flexibility index (Phi) is 9.14. The van der Waals surface area contributed by atoms with Crippen molar-refractivity contribution >= 4 is 29.9 Å². The van der Waals surface area contributed by atoms with Gasteiger partial charge >= 0.3 is 0 Å². The van der Waals surface area contributed by atoms with Crippen molar-refractivity contribution < 1.29 is 9.52 Å². The fourth-order valence-electron chi connectivity index (χ4n) is 2.71. The number of aryl methyl sites for hydroxylation is 3. The fourth-order valence-corrected chi connectivity index (χ4v) is 2.71. The zero-order valence-electron chi connectivity index (χ0n) is 16.0. The third-order valence-corrected chi connectivity index (χ3v) is 3.93. The summed E-state index contributed by atoms with van der Waals surface area (Å²) in [5, 5.41) is 21.4. The summed E-state index contributed by atoms with van der Waals surface area (Å²) in [6, 6.07) is 3.79. The van der Waals surface area contributed by atoms with Gasteiger partial charge in [-0.3, -0.25) is 4.68 Å². The number of aliphatic hydroxyl groups is 1. The largest absolute Gasteiger partial charge is 0.466 e. The Hall–Kier alpha value is -1.55. The van der Waals surface area contributed by atoms with Crippen LogP contribution >= 0.6 is 24.0 Å². The highest BCUT2D eigenvalue weighted by molar-refractivity contribution is 14.0. The molecule has 0 aromatic carbocycles. The summed E-state index contributed by atoms with van der Waals surface area (Å²) >= 11 is 0. The van der Waals surface area contributed by atoms with Crippen LogP contribution in [-0.2, 0) is 12.1 Å². The summed E-state index contributed by atoms with van der Waals surface area (Å²) in [4.78, 5) is 4.53. The number of aromatic nitrogens is 2. The summed E-state index contributed by atoms with van der Waals surface area (Å²) in [6.07, 6.45) is 4.66. The summed E-state index contributed by atoms with van der Waals surface area (Å²) in [7, 11) is 0. The maximum atomic E-state index is 10.8. The first-order valence-corrected chi connectivity index (χ1v) is 8.72. The van der Waals surface area contributed by atoms with E-state index in [2.05, 4.69) is 20.7 Å². The first-order valence-electron chi connectivity index (χ1n) is 8.72. The molecule has 2 aromatic heterocycles. The first kappa shape index (κ1) is 22.5. The van der Waals surface area contributed by atoms with Gasteiger partial charge in [0.25, 0.3) is 0 Å². The molecule has 0 spiro atoms. The molecule has 3 N–H and O–H groups in total. The minimum Gasteiger partial charge on any atom is -0.466 e. The number of furan rings is 1. The van der Waals surface area contributed by atoms with E-state index in [9.17, 15) is 5.11 Å². The molecule has 2 heterocycles. The van der Waals surface area contributed by atoms with Gasteiger partial charge in [0, 0.05) is 37.6 Å². The summed E-state index contributed by atoms with van der Waals surface area (Å²) in [5.41, 5.74) is -0.289.